The minimum Gasteiger partial charge on any atom is -0.445 e. The summed E-state index contributed by atoms with van der Waals surface area (Å²) in [7, 11) is 0. The van der Waals surface area contributed by atoms with Crippen molar-refractivity contribution in [1.82, 2.24) is 10.2 Å². The largest absolute Gasteiger partial charge is 0.445 e. The van der Waals surface area contributed by atoms with Crippen LogP contribution in [0.1, 0.15) is 38.7 Å². The van der Waals surface area contributed by atoms with E-state index in [1.54, 1.807) is 24.3 Å². The lowest BCUT2D eigenvalue weighted by Crippen LogP contribution is -2.52. The lowest BCUT2D eigenvalue weighted by atomic mass is 10.0. The molecule has 0 aliphatic carbocycles. The van der Waals surface area contributed by atoms with E-state index in [2.05, 4.69) is 17.2 Å². The van der Waals surface area contributed by atoms with Crippen LogP contribution in [0.5, 0.6) is 0 Å². The van der Waals surface area contributed by atoms with Crippen LogP contribution in [0, 0.1) is 5.92 Å². The highest BCUT2D eigenvalue weighted by atomic mass is 16.6. The van der Waals surface area contributed by atoms with Crippen LogP contribution in [-0.2, 0) is 20.9 Å². The molecule has 2 atom stereocenters. The zero-order valence-electron chi connectivity index (χ0n) is 17.6. The number of benzene rings is 1. The van der Waals surface area contributed by atoms with Crippen molar-refractivity contribution < 1.29 is 24.2 Å². The van der Waals surface area contributed by atoms with Crippen LogP contribution in [0.4, 0.5) is 10.5 Å². The van der Waals surface area contributed by atoms with E-state index in [4.69, 9.17) is 9.84 Å². The van der Waals surface area contributed by atoms with Gasteiger partial charge in [0.2, 0.25) is 11.8 Å². The molecule has 164 valence electrons. The standard InChI is InChI=1S/C22H31N3O5/c1-4-12-30-22(29)25-11-5-6-19(25)21(28)24-18(13-15(2)3)20(27)23-17-9-7-16(14-26)8-10-17/h4,7-10,15,18-19,26H,1,5-6,11-14H2,2-3H3,(H,23,27)(H,24,28)/t18?,19-/m0/s1. The van der Waals surface area contributed by atoms with Gasteiger partial charge in [-0.2, -0.15) is 0 Å². The number of anilines is 1. The summed E-state index contributed by atoms with van der Waals surface area (Å²) in [5.74, 6) is -0.512. The molecule has 8 nitrogen and oxygen atoms in total. The molecule has 0 saturated carbocycles. The maximum Gasteiger partial charge on any atom is 0.410 e. The summed E-state index contributed by atoms with van der Waals surface area (Å²) in [5.41, 5.74) is 1.32. The summed E-state index contributed by atoms with van der Waals surface area (Å²) in [6.07, 6.45) is 2.59. The van der Waals surface area contributed by atoms with Crippen molar-refractivity contribution >= 4 is 23.6 Å². The van der Waals surface area contributed by atoms with Crippen molar-refractivity contribution in [2.24, 2.45) is 5.92 Å². The second-order valence-electron chi connectivity index (χ2n) is 7.75. The Morgan fingerprint density at radius 1 is 1.30 bits per heavy atom. The van der Waals surface area contributed by atoms with Gasteiger partial charge in [-0.25, -0.2) is 4.79 Å². The normalized spacial score (nSPS) is 16.8. The number of hydrogen-bond acceptors (Lipinski definition) is 5. The third-order valence-corrected chi connectivity index (χ3v) is 4.86. The summed E-state index contributed by atoms with van der Waals surface area (Å²) in [5, 5.41) is 14.8. The van der Waals surface area contributed by atoms with Crippen molar-refractivity contribution in [2.75, 3.05) is 18.5 Å². The van der Waals surface area contributed by atoms with Gasteiger partial charge in [0.25, 0.3) is 0 Å². The number of likely N-dealkylation sites (tertiary alicyclic amines) is 1. The first-order valence-electron chi connectivity index (χ1n) is 10.2. The number of carbonyl (C=O) groups is 3. The van der Waals surface area contributed by atoms with E-state index in [-0.39, 0.29) is 30.9 Å². The fraction of sp³-hybridized carbons (Fsp3) is 0.500. The highest BCUT2D eigenvalue weighted by Gasteiger charge is 2.36. The highest BCUT2D eigenvalue weighted by Crippen LogP contribution is 2.19. The number of aliphatic hydroxyl groups is 1. The van der Waals surface area contributed by atoms with Gasteiger partial charge in [-0.3, -0.25) is 14.5 Å². The van der Waals surface area contributed by atoms with Crippen molar-refractivity contribution in [3.05, 3.63) is 42.5 Å². The minimum atomic E-state index is -0.735. The SMILES string of the molecule is C=CCOC(=O)N1CCC[C@H]1C(=O)NC(CC(C)C)C(=O)Nc1ccc(CO)cc1. The number of aliphatic hydroxyl groups excluding tert-OH is 1. The zero-order chi connectivity index (χ0) is 22.1. The average molecular weight is 418 g/mol. The lowest BCUT2D eigenvalue weighted by Gasteiger charge is -2.26. The predicted octanol–water partition coefficient (Wildman–Crippen LogP) is 2.44. The topological polar surface area (TPSA) is 108 Å². The van der Waals surface area contributed by atoms with E-state index in [1.807, 2.05) is 13.8 Å². The number of nitrogens with zero attached hydrogens (tertiary/aromatic N) is 1. The first-order chi connectivity index (χ1) is 14.3. The highest BCUT2D eigenvalue weighted by molar-refractivity contribution is 5.98. The molecule has 8 heteroatoms. The van der Waals surface area contributed by atoms with Gasteiger partial charge in [0.1, 0.15) is 18.7 Å². The van der Waals surface area contributed by atoms with E-state index in [1.165, 1.54) is 11.0 Å². The van der Waals surface area contributed by atoms with Crippen LogP contribution in [0.25, 0.3) is 0 Å². The van der Waals surface area contributed by atoms with Crippen LogP contribution < -0.4 is 10.6 Å². The van der Waals surface area contributed by atoms with E-state index >= 15 is 0 Å². The molecule has 0 spiro atoms. The Labute approximate surface area is 177 Å². The molecule has 1 aromatic rings. The van der Waals surface area contributed by atoms with Crippen molar-refractivity contribution in [1.29, 1.82) is 0 Å². The van der Waals surface area contributed by atoms with Gasteiger partial charge in [0, 0.05) is 12.2 Å². The monoisotopic (exact) mass is 417 g/mol. The molecular formula is C22H31N3O5. The molecule has 3 N–H and O–H groups in total. The Bertz CT molecular complexity index is 748. The van der Waals surface area contributed by atoms with Crippen molar-refractivity contribution in [3.8, 4) is 0 Å². The van der Waals surface area contributed by atoms with Crippen LogP contribution in [0.15, 0.2) is 36.9 Å². The summed E-state index contributed by atoms with van der Waals surface area (Å²) >= 11 is 0. The Balaban J connectivity index is 2.04. The van der Waals surface area contributed by atoms with Crippen LogP contribution >= 0.6 is 0 Å². The molecule has 1 unspecified atom stereocenters. The second kappa shape index (κ2) is 11.3. The van der Waals surface area contributed by atoms with Gasteiger partial charge >= 0.3 is 6.09 Å². The first kappa shape index (κ1) is 23.4. The van der Waals surface area contributed by atoms with Gasteiger partial charge in [0.05, 0.1) is 6.61 Å². The third kappa shape index (κ3) is 6.59. The Morgan fingerprint density at radius 3 is 2.60 bits per heavy atom. The molecule has 1 fully saturated rings. The summed E-state index contributed by atoms with van der Waals surface area (Å²) in [6.45, 7) is 7.89. The average Bonchev–Trinajstić information content (AvgIpc) is 3.22. The van der Waals surface area contributed by atoms with E-state index in [0.29, 0.717) is 31.5 Å². The Hall–Kier alpha value is -2.87. The van der Waals surface area contributed by atoms with Gasteiger partial charge in [-0.15, -0.1) is 0 Å². The Kier molecular flexibility index (Phi) is 8.86. The fourth-order valence-corrected chi connectivity index (χ4v) is 3.36. The molecule has 0 bridgehead atoms. The molecule has 1 aliphatic rings. The number of ether oxygens (including phenoxy) is 1. The molecule has 3 amide bonds. The third-order valence-electron chi connectivity index (χ3n) is 4.86. The quantitative estimate of drug-likeness (QED) is 0.535. The molecule has 1 aromatic carbocycles. The number of rotatable bonds is 9. The maximum atomic E-state index is 12.9. The summed E-state index contributed by atoms with van der Waals surface area (Å²) in [4.78, 5) is 39.3. The number of hydrogen-bond donors (Lipinski definition) is 3. The van der Waals surface area contributed by atoms with E-state index in [0.717, 1.165) is 5.56 Å². The molecule has 1 saturated heterocycles. The predicted molar refractivity (Wildman–Crippen MR) is 114 cm³/mol. The van der Waals surface area contributed by atoms with Crippen LogP contribution in [-0.4, -0.2) is 53.1 Å². The van der Waals surface area contributed by atoms with Crippen molar-refractivity contribution in [2.45, 2.75) is 51.8 Å². The Morgan fingerprint density at radius 2 is 2.00 bits per heavy atom. The zero-order valence-corrected chi connectivity index (χ0v) is 17.6. The van der Waals surface area contributed by atoms with Gasteiger partial charge in [-0.05, 0) is 42.9 Å². The molecule has 1 heterocycles. The van der Waals surface area contributed by atoms with Crippen molar-refractivity contribution in [3.63, 3.8) is 0 Å². The molecule has 0 aromatic heterocycles. The van der Waals surface area contributed by atoms with Gasteiger partial charge in [0.15, 0.2) is 0 Å². The fourth-order valence-electron chi connectivity index (χ4n) is 3.36. The van der Waals surface area contributed by atoms with Gasteiger partial charge in [-0.1, -0.05) is 38.6 Å². The van der Waals surface area contributed by atoms with Crippen LogP contribution in [0.3, 0.4) is 0 Å². The second-order valence-corrected chi connectivity index (χ2v) is 7.75. The maximum absolute atomic E-state index is 12.9. The molecule has 1 aliphatic heterocycles. The first-order valence-corrected chi connectivity index (χ1v) is 10.2. The summed E-state index contributed by atoms with van der Waals surface area (Å²) in [6, 6.07) is 5.45. The number of amides is 3. The number of nitrogens with one attached hydrogen (secondary N) is 2. The smallest absolute Gasteiger partial charge is 0.410 e. The minimum absolute atomic E-state index is 0.0760. The molecule has 30 heavy (non-hydrogen) atoms. The van der Waals surface area contributed by atoms with E-state index in [9.17, 15) is 14.4 Å². The molecule has 2 rings (SSSR count). The lowest BCUT2D eigenvalue weighted by molar-refractivity contribution is -0.129. The van der Waals surface area contributed by atoms with Gasteiger partial charge < -0.3 is 20.5 Å². The number of carbonyl (C=O) groups excluding carboxylic acids is 3. The molecular weight excluding hydrogens is 386 g/mol. The van der Waals surface area contributed by atoms with E-state index < -0.39 is 18.2 Å². The summed E-state index contributed by atoms with van der Waals surface area (Å²) < 4.78 is 5.06. The molecule has 0 radical (unpaired) electrons. The van der Waals surface area contributed by atoms with Crippen LogP contribution in [0.2, 0.25) is 0 Å².